The van der Waals surface area contributed by atoms with Crippen molar-refractivity contribution in [2.24, 2.45) is 0 Å². The van der Waals surface area contributed by atoms with Crippen molar-refractivity contribution in [2.45, 2.75) is 6.92 Å². The topological polar surface area (TPSA) is 67.9 Å². The smallest absolute Gasteiger partial charge is 0.244 e. The highest BCUT2D eigenvalue weighted by Gasteiger charge is 2.19. The lowest BCUT2D eigenvalue weighted by Gasteiger charge is -2.22. The molecule has 0 aliphatic rings. The molecule has 2 rings (SSSR count). The number of ether oxygens (including phenoxy) is 2. The Balaban J connectivity index is 2.20. The zero-order valence-electron chi connectivity index (χ0n) is 14.5. The maximum atomic E-state index is 13.6. The molecular weight excluding hydrogens is 346 g/mol. The number of hydrogen-bond donors (Lipinski definition) is 1. The minimum absolute atomic E-state index is 0.174. The molecule has 0 aromatic heterocycles. The molecular formula is C18H18F2N2O4. The van der Waals surface area contributed by atoms with Crippen LogP contribution >= 0.6 is 0 Å². The van der Waals surface area contributed by atoms with Gasteiger partial charge in [0.25, 0.3) is 0 Å². The molecule has 0 aliphatic carbocycles. The predicted molar refractivity (Wildman–Crippen MR) is 92.6 cm³/mol. The summed E-state index contributed by atoms with van der Waals surface area (Å²) in [6.07, 6.45) is 0. The average molecular weight is 364 g/mol. The number of halogens is 2. The first-order valence-corrected chi connectivity index (χ1v) is 7.60. The van der Waals surface area contributed by atoms with Gasteiger partial charge in [-0.25, -0.2) is 8.78 Å². The number of anilines is 2. The van der Waals surface area contributed by atoms with E-state index in [9.17, 15) is 18.4 Å². The summed E-state index contributed by atoms with van der Waals surface area (Å²) in [7, 11) is 2.93. The van der Waals surface area contributed by atoms with Gasteiger partial charge in [0.1, 0.15) is 18.2 Å². The van der Waals surface area contributed by atoms with Gasteiger partial charge in [-0.1, -0.05) is 0 Å². The van der Waals surface area contributed by atoms with Gasteiger partial charge in [-0.05, 0) is 24.3 Å². The molecule has 0 saturated carbocycles. The summed E-state index contributed by atoms with van der Waals surface area (Å²) in [5, 5.41) is 2.31. The third-order valence-corrected chi connectivity index (χ3v) is 3.57. The Morgan fingerprint density at radius 2 is 1.73 bits per heavy atom. The van der Waals surface area contributed by atoms with Crippen LogP contribution < -0.4 is 19.7 Å². The molecule has 0 fully saturated rings. The van der Waals surface area contributed by atoms with Crippen molar-refractivity contribution in [3.63, 3.8) is 0 Å². The first kappa shape index (κ1) is 19.2. The minimum atomic E-state index is -0.904. The highest BCUT2D eigenvalue weighted by atomic mass is 19.1. The number of amides is 2. The second-order valence-corrected chi connectivity index (χ2v) is 5.32. The molecule has 0 unspecified atom stereocenters. The fraction of sp³-hybridized carbons (Fsp3) is 0.222. The Kier molecular flexibility index (Phi) is 6.11. The maximum absolute atomic E-state index is 13.6. The second kappa shape index (κ2) is 8.28. The predicted octanol–water partition coefficient (Wildman–Crippen LogP) is 2.97. The van der Waals surface area contributed by atoms with Crippen molar-refractivity contribution in [1.82, 2.24) is 0 Å². The normalized spacial score (nSPS) is 10.2. The molecule has 0 saturated heterocycles. The van der Waals surface area contributed by atoms with Gasteiger partial charge in [0.05, 0.1) is 19.9 Å². The summed E-state index contributed by atoms with van der Waals surface area (Å²) in [5.41, 5.74) is 0.233. The van der Waals surface area contributed by atoms with E-state index in [1.165, 1.54) is 26.0 Å². The standard InChI is InChI=1S/C18H18F2N2O4/c1-11(23)22(13-5-7-16(25-2)17(9-13)26-3)10-18(24)21-15-6-4-12(19)8-14(15)20/h4-9H,10H2,1-3H3,(H,21,24). The number of rotatable bonds is 6. The van der Waals surface area contributed by atoms with Crippen molar-refractivity contribution >= 4 is 23.2 Å². The Bertz CT molecular complexity index is 827. The van der Waals surface area contributed by atoms with Crippen LogP contribution in [-0.4, -0.2) is 32.6 Å². The number of benzene rings is 2. The van der Waals surface area contributed by atoms with Gasteiger partial charge in [-0.2, -0.15) is 0 Å². The third kappa shape index (κ3) is 4.47. The van der Waals surface area contributed by atoms with E-state index >= 15 is 0 Å². The van der Waals surface area contributed by atoms with Crippen molar-refractivity contribution in [3.05, 3.63) is 48.0 Å². The Labute approximate surface area is 149 Å². The first-order valence-electron chi connectivity index (χ1n) is 7.60. The van der Waals surface area contributed by atoms with Crippen LogP contribution in [0, 0.1) is 11.6 Å². The zero-order valence-corrected chi connectivity index (χ0v) is 14.5. The van der Waals surface area contributed by atoms with Gasteiger partial charge in [0.2, 0.25) is 11.8 Å². The van der Waals surface area contributed by atoms with Crippen molar-refractivity contribution < 1.29 is 27.8 Å². The quantitative estimate of drug-likeness (QED) is 0.856. The molecule has 0 radical (unpaired) electrons. The van der Waals surface area contributed by atoms with E-state index in [0.717, 1.165) is 12.1 Å². The molecule has 0 bridgehead atoms. The molecule has 6 nitrogen and oxygen atoms in total. The Hall–Kier alpha value is -3.16. The van der Waals surface area contributed by atoms with Gasteiger partial charge in [0, 0.05) is 24.7 Å². The molecule has 0 spiro atoms. The van der Waals surface area contributed by atoms with Crippen LogP contribution in [0.15, 0.2) is 36.4 Å². The Morgan fingerprint density at radius 1 is 1.04 bits per heavy atom. The van der Waals surface area contributed by atoms with E-state index in [2.05, 4.69) is 5.32 Å². The number of hydrogen-bond acceptors (Lipinski definition) is 4. The molecule has 0 heterocycles. The lowest BCUT2D eigenvalue weighted by molar-refractivity contribution is -0.120. The summed E-state index contributed by atoms with van der Waals surface area (Å²) in [4.78, 5) is 25.3. The SMILES string of the molecule is COc1ccc(N(CC(=O)Nc2ccc(F)cc2F)C(C)=O)cc1OC. The van der Waals surface area contributed by atoms with E-state index in [-0.39, 0.29) is 12.2 Å². The third-order valence-electron chi connectivity index (χ3n) is 3.57. The summed E-state index contributed by atoms with van der Waals surface area (Å²) in [6.45, 7) is 0.935. The fourth-order valence-corrected chi connectivity index (χ4v) is 2.30. The van der Waals surface area contributed by atoms with Gasteiger partial charge in [0.15, 0.2) is 11.5 Å². The van der Waals surface area contributed by atoms with Crippen LogP contribution in [0.5, 0.6) is 11.5 Å². The van der Waals surface area contributed by atoms with Crippen LogP contribution in [0.2, 0.25) is 0 Å². The lowest BCUT2D eigenvalue weighted by atomic mass is 10.2. The first-order chi connectivity index (χ1) is 12.3. The van der Waals surface area contributed by atoms with E-state index in [4.69, 9.17) is 9.47 Å². The highest BCUT2D eigenvalue weighted by molar-refractivity contribution is 6.02. The van der Waals surface area contributed by atoms with Crippen molar-refractivity contribution in [1.29, 1.82) is 0 Å². The van der Waals surface area contributed by atoms with E-state index in [0.29, 0.717) is 23.3 Å². The molecule has 0 aliphatic heterocycles. The van der Waals surface area contributed by atoms with E-state index in [1.807, 2.05) is 0 Å². The highest BCUT2D eigenvalue weighted by Crippen LogP contribution is 2.31. The number of carbonyl (C=O) groups excluding carboxylic acids is 2. The number of methoxy groups -OCH3 is 2. The molecule has 8 heteroatoms. The summed E-state index contributed by atoms with van der Waals surface area (Å²) < 4.78 is 36.9. The Morgan fingerprint density at radius 3 is 2.31 bits per heavy atom. The molecule has 26 heavy (non-hydrogen) atoms. The number of nitrogens with one attached hydrogen (secondary N) is 1. The van der Waals surface area contributed by atoms with Crippen LogP contribution in [-0.2, 0) is 9.59 Å². The van der Waals surface area contributed by atoms with Crippen molar-refractivity contribution in [3.8, 4) is 11.5 Å². The lowest BCUT2D eigenvalue weighted by Crippen LogP contribution is -2.36. The molecule has 2 aromatic carbocycles. The maximum Gasteiger partial charge on any atom is 0.244 e. The van der Waals surface area contributed by atoms with Crippen LogP contribution in [0.1, 0.15) is 6.92 Å². The molecule has 2 amide bonds. The second-order valence-electron chi connectivity index (χ2n) is 5.32. The molecule has 138 valence electrons. The van der Waals surface area contributed by atoms with Gasteiger partial charge in [-0.15, -0.1) is 0 Å². The summed E-state index contributed by atoms with van der Waals surface area (Å²) >= 11 is 0. The average Bonchev–Trinajstić information content (AvgIpc) is 2.61. The molecule has 0 atom stereocenters. The number of nitrogens with zero attached hydrogens (tertiary/aromatic N) is 1. The fourth-order valence-electron chi connectivity index (χ4n) is 2.30. The van der Waals surface area contributed by atoms with Gasteiger partial charge in [-0.3, -0.25) is 9.59 Å². The van der Waals surface area contributed by atoms with Crippen LogP contribution in [0.4, 0.5) is 20.2 Å². The number of carbonyl (C=O) groups is 2. The monoisotopic (exact) mass is 364 g/mol. The van der Waals surface area contributed by atoms with Crippen LogP contribution in [0.3, 0.4) is 0 Å². The largest absolute Gasteiger partial charge is 0.493 e. The zero-order chi connectivity index (χ0) is 19.3. The minimum Gasteiger partial charge on any atom is -0.493 e. The van der Waals surface area contributed by atoms with Crippen molar-refractivity contribution in [2.75, 3.05) is 31.0 Å². The summed E-state index contributed by atoms with van der Waals surface area (Å²) in [5.74, 6) is -1.83. The molecule has 1 N–H and O–H groups in total. The van der Waals surface area contributed by atoms with Gasteiger partial charge < -0.3 is 19.7 Å². The van der Waals surface area contributed by atoms with E-state index < -0.39 is 23.4 Å². The van der Waals surface area contributed by atoms with Gasteiger partial charge >= 0.3 is 0 Å². The van der Waals surface area contributed by atoms with E-state index in [1.54, 1.807) is 18.2 Å². The van der Waals surface area contributed by atoms with Crippen LogP contribution in [0.25, 0.3) is 0 Å². The molecule has 2 aromatic rings. The summed E-state index contributed by atoms with van der Waals surface area (Å²) in [6, 6.07) is 7.53.